The van der Waals surface area contributed by atoms with E-state index in [0.717, 1.165) is 6.21 Å². The van der Waals surface area contributed by atoms with E-state index in [-0.39, 0.29) is 24.0 Å². The second kappa shape index (κ2) is 3.96. The second-order valence-electron chi connectivity index (χ2n) is 2.98. The van der Waals surface area contributed by atoms with Gasteiger partial charge in [-0.05, 0) is 6.92 Å². The molecule has 70 valence electrons. The molecule has 1 aliphatic rings. The van der Waals surface area contributed by atoms with Crippen molar-refractivity contribution < 1.29 is 14.4 Å². The predicted octanol–water partition coefficient (Wildman–Crippen LogP) is -0.276. The Morgan fingerprint density at radius 3 is 3.00 bits per heavy atom. The molecule has 1 rings (SSSR count). The summed E-state index contributed by atoms with van der Waals surface area (Å²) in [6, 6.07) is 0. The fraction of sp³-hybridized carbons (Fsp3) is 0.625. The predicted molar refractivity (Wildman–Crippen MR) is 45.1 cm³/mol. The first kappa shape index (κ1) is 9.61. The molecule has 5 nitrogen and oxygen atoms in total. The van der Waals surface area contributed by atoms with Crippen LogP contribution in [-0.4, -0.2) is 40.7 Å². The molecule has 0 spiro atoms. The molecule has 0 bridgehead atoms. The highest BCUT2D eigenvalue weighted by Crippen LogP contribution is 2.17. The molecule has 0 aliphatic carbocycles. The van der Waals surface area contributed by atoms with Crippen molar-refractivity contribution in [3.8, 4) is 0 Å². The highest BCUT2D eigenvalue weighted by Gasteiger charge is 2.33. The van der Waals surface area contributed by atoms with Crippen LogP contribution in [0.2, 0.25) is 0 Å². The maximum Gasteiger partial charge on any atom is 0.323 e. The standard InChI is InChI=1S/C8H11N3O2/c1-2-11-5-6(3-8(11)13)7(12)4-10-9/h4,6H,2-3,5H2,1H3. The molecule has 0 aromatic carbocycles. The minimum absolute atomic E-state index is 0.00723. The molecule has 1 amide bonds. The van der Waals surface area contributed by atoms with Crippen LogP contribution in [0.3, 0.4) is 0 Å². The molecular formula is C8H11N3O2. The van der Waals surface area contributed by atoms with E-state index < -0.39 is 0 Å². The van der Waals surface area contributed by atoms with E-state index in [1.807, 2.05) is 6.92 Å². The van der Waals surface area contributed by atoms with Crippen molar-refractivity contribution >= 4 is 17.9 Å². The van der Waals surface area contributed by atoms with E-state index in [9.17, 15) is 9.59 Å². The first-order chi connectivity index (χ1) is 6.19. The SMILES string of the molecule is CCN1CC(C(=O)C=[N+]=[N-])CC1=O. The van der Waals surface area contributed by atoms with E-state index in [1.165, 1.54) is 0 Å². The number of carbonyl (C=O) groups is 2. The lowest BCUT2D eigenvalue weighted by atomic mass is 10.0. The number of amides is 1. The van der Waals surface area contributed by atoms with Crippen molar-refractivity contribution in [1.82, 2.24) is 4.90 Å². The molecule has 0 aromatic heterocycles. The molecule has 0 radical (unpaired) electrons. The van der Waals surface area contributed by atoms with Crippen LogP contribution in [0.5, 0.6) is 0 Å². The summed E-state index contributed by atoms with van der Waals surface area (Å²) in [6.07, 6.45) is 1.09. The highest BCUT2D eigenvalue weighted by atomic mass is 16.2. The summed E-state index contributed by atoms with van der Waals surface area (Å²) >= 11 is 0. The fourth-order valence-corrected chi connectivity index (χ4v) is 1.43. The van der Waals surface area contributed by atoms with Gasteiger partial charge in [0.2, 0.25) is 11.7 Å². The topological polar surface area (TPSA) is 73.8 Å². The normalized spacial score (nSPS) is 21.5. The van der Waals surface area contributed by atoms with Gasteiger partial charge >= 0.3 is 6.21 Å². The van der Waals surface area contributed by atoms with Crippen LogP contribution in [0.4, 0.5) is 0 Å². The molecule has 1 saturated heterocycles. The van der Waals surface area contributed by atoms with E-state index in [1.54, 1.807) is 4.90 Å². The van der Waals surface area contributed by atoms with Crippen molar-refractivity contribution in [3.63, 3.8) is 0 Å². The van der Waals surface area contributed by atoms with Gasteiger partial charge in [-0.3, -0.25) is 9.59 Å². The average molecular weight is 181 g/mol. The minimum Gasteiger partial charge on any atom is -0.361 e. The van der Waals surface area contributed by atoms with Crippen molar-refractivity contribution in [1.29, 1.82) is 0 Å². The summed E-state index contributed by atoms with van der Waals surface area (Å²) in [7, 11) is 0. The lowest BCUT2D eigenvalue weighted by molar-refractivity contribution is -0.128. The first-order valence-electron chi connectivity index (χ1n) is 4.18. The second-order valence-corrected chi connectivity index (χ2v) is 2.98. The number of rotatable bonds is 3. The third-order valence-electron chi connectivity index (χ3n) is 2.18. The van der Waals surface area contributed by atoms with Gasteiger partial charge in [-0.1, -0.05) is 0 Å². The van der Waals surface area contributed by atoms with Gasteiger partial charge < -0.3 is 10.4 Å². The molecule has 0 saturated carbocycles. The van der Waals surface area contributed by atoms with Gasteiger partial charge in [0.25, 0.3) is 0 Å². The van der Waals surface area contributed by atoms with Gasteiger partial charge in [0, 0.05) is 19.5 Å². The van der Waals surface area contributed by atoms with Crippen molar-refractivity contribution in [2.45, 2.75) is 13.3 Å². The number of hydrogen-bond donors (Lipinski definition) is 0. The molecule has 5 heteroatoms. The highest BCUT2D eigenvalue weighted by molar-refractivity contribution is 6.27. The van der Waals surface area contributed by atoms with Crippen LogP contribution in [0.25, 0.3) is 5.53 Å². The Hall–Kier alpha value is -1.48. The van der Waals surface area contributed by atoms with E-state index in [4.69, 9.17) is 5.53 Å². The molecule has 0 aromatic rings. The van der Waals surface area contributed by atoms with Gasteiger partial charge in [0.05, 0.1) is 5.92 Å². The number of hydrogen-bond acceptors (Lipinski definition) is 2. The Balaban J connectivity index is 2.62. The molecule has 1 atom stereocenters. The number of carbonyl (C=O) groups excluding carboxylic acids is 2. The monoisotopic (exact) mass is 181 g/mol. The zero-order chi connectivity index (χ0) is 9.84. The fourth-order valence-electron chi connectivity index (χ4n) is 1.43. The van der Waals surface area contributed by atoms with Crippen LogP contribution in [0.1, 0.15) is 13.3 Å². The van der Waals surface area contributed by atoms with Crippen LogP contribution in [-0.2, 0) is 9.59 Å². The summed E-state index contributed by atoms with van der Waals surface area (Å²) in [5.41, 5.74) is 8.14. The van der Waals surface area contributed by atoms with Gasteiger partial charge in [-0.15, -0.1) is 0 Å². The van der Waals surface area contributed by atoms with Gasteiger partial charge in [0.1, 0.15) is 0 Å². The molecule has 1 aliphatic heterocycles. The quantitative estimate of drug-likeness (QED) is 0.341. The smallest absolute Gasteiger partial charge is 0.323 e. The zero-order valence-corrected chi connectivity index (χ0v) is 7.43. The third kappa shape index (κ3) is 2.00. The largest absolute Gasteiger partial charge is 0.361 e. The summed E-state index contributed by atoms with van der Waals surface area (Å²) in [4.78, 5) is 26.6. The van der Waals surface area contributed by atoms with Crippen LogP contribution in [0.15, 0.2) is 0 Å². The summed E-state index contributed by atoms with van der Waals surface area (Å²) in [5.74, 6) is -0.623. The first-order valence-corrected chi connectivity index (χ1v) is 4.18. The van der Waals surface area contributed by atoms with Crippen LogP contribution < -0.4 is 0 Å². The maximum absolute atomic E-state index is 11.2. The number of Topliss-reactive ketones (excluding diaryl/α,β-unsaturated/α-hetero) is 1. The number of likely N-dealkylation sites (tertiary alicyclic amines) is 1. The van der Waals surface area contributed by atoms with E-state index in [2.05, 4.69) is 4.79 Å². The van der Waals surface area contributed by atoms with Crippen LogP contribution in [0, 0.1) is 5.92 Å². The molecule has 0 N–H and O–H groups in total. The Labute approximate surface area is 76.0 Å². The Morgan fingerprint density at radius 2 is 2.54 bits per heavy atom. The third-order valence-corrected chi connectivity index (χ3v) is 2.18. The minimum atomic E-state index is -0.330. The van der Waals surface area contributed by atoms with Crippen molar-refractivity contribution in [3.05, 3.63) is 5.53 Å². The van der Waals surface area contributed by atoms with Gasteiger partial charge in [-0.2, -0.15) is 4.79 Å². The van der Waals surface area contributed by atoms with E-state index in [0.29, 0.717) is 13.1 Å². The number of ketones is 1. The maximum atomic E-state index is 11.2. The number of nitrogens with zero attached hydrogens (tertiary/aromatic N) is 3. The van der Waals surface area contributed by atoms with Gasteiger partial charge in [0.15, 0.2) is 0 Å². The zero-order valence-electron chi connectivity index (χ0n) is 7.43. The Kier molecular flexibility index (Phi) is 2.93. The Bertz CT molecular complexity index is 281. The summed E-state index contributed by atoms with van der Waals surface area (Å²) in [6.45, 7) is 2.93. The van der Waals surface area contributed by atoms with Crippen molar-refractivity contribution in [2.75, 3.05) is 13.1 Å². The van der Waals surface area contributed by atoms with Crippen molar-refractivity contribution in [2.24, 2.45) is 5.92 Å². The summed E-state index contributed by atoms with van der Waals surface area (Å²) in [5, 5.41) is 0. The lowest BCUT2D eigenvalue weighted by Gasteiger charge is -2.11. The van der Waals surface area contributed by atoms with Gasteiger partial charge in [-0.25, -0.2) is 0 Å². The molecule has 1 fully saturated rings. The average Bonchev–Trinajstić information content (AvgIpc) is 2.47. The lowest BCUT2D eigenvalue weighted by Crippen LogP contribution is -2.26. The summed E-state index contributed by atoms with van der Waals surface area (Å²) < 4.78 is 0. The molecule has 1 heterocycles. The molecular weight excluding hydrogens is 170 g/mol. The molecule has 1 unspecified atom stereocenters. The van der Waals surface area contributed by atoms with E-state index >= 15 is 0 Å². The van der Waals surface area contributed by atoms with Crippen LogP contribution >= 0.6 is 0 Å². The Morgan fingerprint density at radius 1 is 1.85 bits per heavy atom. The molecule has 13 heavy (non-hydrogen) atoms.